The van der Waals surface area contributed by atoms with Gasteiger partial charge < -0.3 is 14.6 Å². The standard InChI is InChI=1S/C14H15FN2O5S/c15-9-5-17(14(20)16-13(9)19)12-4-10(18)11(22-12)7-21-6-8-2-1-3-23-8/h1-3,5,10-12,18H,4,6-7H2,(H,16,19,20)/t10?,11-,12-/m0/s1. The molecule has 1 fully saturated rings. The van der Waals surface area contributed by atoms with Crippen molar-refractivity contribution in [3.63, 3.8) is 0 Å². The summed E-state index contributed by atoms with van der Waals surface area (Å²) < 4.78 is 25.3. The second-order valence-electron chi connectivity index (χ2n) is 5.17. The maximum Gasteiger partial charge on any atom is 0.330 e. The molecule has 0 radical (unpaired) electrons. The van der Waals surface area contributed by atoms with Crippen molar-refractivity contribution in [1.29, 1.82) is 0 Å². The first-order valence-corrected chi connectivity index (χ1v) is 7.87. The Morgan fingerprint density at radius 2 is 2.35 bits per heavy atom. The second-order valence-corrected chi connectivity index (χ2v) is 6.20. The molecule has 124 valence electrons. The highest BCUT2D eigenvalue weighted by Crippen LogP contribution is 2.28. The van der Waals surface area contributed by atoms with Crippen LogP contribution in [0.3, 0.4) is 0 Å². The topological polar surface area (TPSA) is 93.6 Å². The number of aromatic amines is 1. The molecule has 3 atom stereocenters. The number of hydrogen-bond donors (Lipinski definition) is 2. The van der Waals surface area contributed by atoms with Crippen molar-refractivity contribution in [3.8, 4) is 0 Å². The third-order valence-electron chi connectivity index (χ3n) is 3.55. The molecule has 1 unspecified atom stereocenters. The van der Waals surface area contributed by atoms with Gasteiger partial charge in [0.15, 0.2) is 0 Å². The van der Waals surface area contributed by atoms with Gasteiger partial charge in [0.2, 0.25) is 5.82 Å². The molecular formula is C14H15FN2O5S. The van der Waals surface area contributed by atoms with Crippen LogP contribution >= 0.6 is 11.3 Å². The monoisotopic (exact) mass is 342 g/mol. The Morgan fingerprint density at radius 1 is 1.52 bits per heavy atom. The van der Waals surface area contributed by atoms with Gasteiger partial charge in [-0.25, -0.2) is 4.79 Å². The van der Waals surface area contributed by atoms with Gasteiger partial charge in [0, 0.05) is 11.3 Å². The molecule has 2 aromatic heterocycles. The van der Waals surface area contributed by atoms with Crippen molar-refractivity contribution in [2.45, 2.75) is 31.5 Å². The van der Waals surface area contributed by atoms with Crippen LogP contribution in [-0.2, 0) is 16.1 Å². The van der Waals surface area contributed by atoms with Crippen LogP contribution in [0.15, 0.2) is 33.3 Å². The minimum Gasteiger partial charge on any atom is -0.390 e. The van der Waals surface area contributed by atoms with E-state index in [0.29, 0.717) is 6.61 Å². The predicted octanol–water partition coefficient (Wildman–Crippen LogP) is 0.602. The Kier molecular flexibility index (Phi) is 4.71. The van der Waals surface area contributed by atoms with Gasteiger partial charge in [-0.3, -0.25) is 14.3 Å². The molecule has 3 rings (SSSR count). The predicted molar refractivity (Wildman–Crippen MR) is 79.8 cm³/mol. The summed E-state index contributed by atoms with van der Waals surface area (Å²) >= 11 is 1.56. The number of aliphatic hydroxyl groups is 1. The zero-order valence-corrected chi connectivity index (χ0v) is 12.8. The fourth-order valence-corrected chi connectivity index (χ4v) is 3.02. The zero-order valence-electron chi connectivity index (χ0n) is 12.0. The molecule has 0 bridgehead atoms. The number of H-pyrrole nitrogens is 1. The lowest BCUT2D eigenvalue weighted by molar-refractivity contribution is -0.0666. The molecule has 23 heavy (non-hydrogen) atoms. The van der Waals surface area contributed by atoms with Gasteiger partial charge in [-0.1, -0.05) is 6.07 Å². The van der Waals surface area contributed by atoms with E-state index in [2.05, 4.69) is 0 Å². The van der Waals surface area contributed by atoms with Crippen molar-refractivity contribution < 1.29 is 19.0 Å². The summed E-state index contributed by atoms with van der Waals surface area (Å²) in [6.07, 6.45) is -1.42. The van der Waals surface area contributed by atoms with Gasteiger partial charge in [0.1, 0.15) is 12.3 Å². The van der Waals surface area contributed by atoms with E-state index in [9.17, 15) is 19.1 Å². The lowest BCUT2D eigenvalue weighted by Crippen LogP contribution is -2.34. The number of hydrogen-bond acceptors (Lipinski definition) is 6. The van der Waals surface area contributed by atoms with Crippen LogP contribution in [0, 0.1) is 5.82 Å². The Labute approximate surface area is 133 Å². The summed E-state index contributed by atoms with van der Waals surface area (Å²) in [5.41, 5.74) is -1.87. The first kappa shape index (κ1) is 16.1. The molecule has 0 amide bonds. The number of nitrogens with one attached hydrogen (secondary N) is 1. The summed E-state index contributed by atoms with van der Waals surface area (Å²) in [6.45, 7) is 0.554. The van der Waals surface area contributed by atoms with Crippen molar-refractivity contribution in [3.05, 3.63) is 55.2 Å². The third-order valence-corrected chi connectivity index (χ3v) is 4.40. The van der Waals surface area contributed by atoms with E-state index in [1.54, 1.807) is 11.3 Å². The van der Waals surface area contributed by atoms with Crippen molar-refractivity contribution in [1.82, 2.24) is 9.55 Å². The Bertz CT molecular complexity index is 772. The van der Waals surface area contributed by atoms with Gasteiger partial charge >= 0.3 is 5.69 Å². The molecule has 0 aromatic carbocycles. The average molecular weight is 342 g/mol. The molecule has 1 saturated heterocycles. The molecule has 0 saturated carbocycles. The summed E-state index contributed by atoms with van der Waals surface area (Å²) in [5, 5.41) is 11.9. The zero-order chi connectivity index (χ0) is 16.4. The maximum atomic E-state index is 13.3. The van der Waals surface area contributed by atoms with Crippen LogP contribution in [0.2, 0.25) is 0 Å². The van der Waals surface area contributed by atoms with Crippen molar-refractivity contribution in [2.24, 2.45) is 0 Å². The molecular weight excluding hydrogens is 327 g/mol. The SMILES string of the molecule is O=c1[nH]c(=O)n([C@@H]2CC(O)[C@H](COCc3cccs3)O2)cc1F. The first-order valence-electron chi connectivity index (χ1n) is 6.99. The quantitative estimate of drug-likeness (QED) is 0.830. The Hall–Kier alpha value is -1.81. The molecule has 7 nitrogen and oxygen atoms in total. The van der Waals surface area contributed by atoms with Crippen LogP contribution < -0.4 is 11.2 Å². The maximum absolute atomic E-state index is 13.3. The highest BCUT2D eigenvalue weighted by atomic mass is 32.1. The van der Waals surface area contributed by atoms with E-state index in [1.165, 1.54) is 0 Å². The van der Waals surface area contributed by atoms with Gasteiger partial charge in [0.25, 0.3) is 5.56 Å². The van der Waals surface area contributed by atoms with E-state index in [0.717, 1.165) is 15.6 Å². The number of aromatic nitrogens is 2. The van der Waals surface area contributed by atoms with Gasteiger partial charge in [-0.15, -0.1) is 11.3 Å². The van der Waals surface area contributed by atoms with Crippen LogP contribution in [0.25, 0.3) is 0 Å². The number of rotatable bonds is 5. The number of nitrogens with zero attached hydrogens (tertiary/aromatic N) is 1. The summed E-state index contributed by atoms with van der Waals surface area (Å²) in [6, 6.07) is 3.85. The number of thiophene rings is 1. The summed E-state index contributed by atoms with van der Waals surface area (Å²) in [7, 11) is 0. The Morgan fingerprint density at radius 3 is 3.09 bits per heavy atom. The number of ether oxygens (including phenoxy) is 2. The van der Waals surface area contributed by atoms with Gasteiger partial charge in [0.05, 0.1) is 25.5 Å². The lowest BCUT2D eigenvalue weighted by atomic mass is 10.2. The largest absolute Gasteiger partial charge is 0.390 e. The second kappa shape index (κ2) is 6.75. The molecule has 2 aromatic rings. The minimum absolute atomic E-state index is 0.110. The minimum atomic E-state index is -1.08. The third kappa shape index (κ3) is 3.58. The molecule has 9 heteroatoms. The average Bonchev–Trinajstić information content (AvgIpc) is 3.13. The van der Waals surface area contributed by atoms with Crippen molar-refractivity contribution in [2.75, 3.05) is 6.61 Å². The molecule has 3 heterocycles. The molecule has 0 spiro atoms. The van der Waals surface area contributed by atoms with Crippen LogP contribution in [0.1, 0.15) is 17.5 Å². The van der Waals surface area contributed by atoms with Gasteiger partial charge in [-0.05, 0) is 11.4 Å². The van der Waals surface area contributed by atoms with Crippen LogP contribution in [-0.4, -0.2) is 33.5 Å². The lowest BCUT2D eigenvalue weighted by Gasteiger charge is -2.16. The highest BCUT2D eigenvalue weighted by molar-refractivity contribution is 7.09. The van der Waals surface area contributed by atoms with E-state index in [-0.39, 0.29) is 13.0 Å². The summed E-state index contributed by atoms with van der Waals surface area (Å²) in [4.78, 5) is 25.7. The van der Waals surface area contributed by atoms with E-state index in [4.69, 9.17) is 9.47 Å². The van der Waals surface area contributed by atoms with E-state index in [1.807, 2.05) is 22.5 Å². The van der Waals surface area contributed by atoms with Crippen LogP contribution in [0.5, 0.6) is 0 Å². The van der Waals surface area contributed by atoms with E-state index < -0.39 is 35.5 Å². The molecule has 1 aliphatic rings. The summed E-state index contributed by atoms with van der Waals surface area (Å²) in [5.74, 6) is -1.08. The number of aliphatic hydroxyl groups excluding tert-OH is 1. The normalized spacial score (nSPS) is 24.2. The highest BCUT2D eigenvalue weighted by Gasteiger charge is 2.35. The van der Waals surface area contributed by atoms with Gasteiger partial charge in [-0.2, -0.15) is 4.39 Å². The number of halogens is 1. The smallest absolute Gasteiger partial charge is 0.330 e. The van der Waals surface area contributed by atoms with Crippen molar-refractivity contribution >= 4 is 11.3 Å². The fraction of sp³-hybridized carbons (Fsp3) is 0.429. The first-order chi connectivity index (χ1) is 11.0. The van der Waals surface area contributed by atoms with E-state index >= 15 is 0 Å². The fourth-order valence-electron chi connectivity index (χ4n) is 2.38. The van der Waals surface area contributed by atoms with Crippen LogP contribution in [0.4, 0.5) is 4.39 Å². The molecule has 2 N–H and O–H groups in total. The Balaban J connectivity index is 1.63. The molecule has 0 aliphatic carbocycles. The molecule has 1 aliphatic heterocycles.